The molecule has 1 N–H and O–H groups in total. The van der Waals surface area contributed by atoms with E-state index >= 15 is 4.79 Å². The van der Waals surface area contributed by atoms with Gasteiger partial charge in [0.2, 0.25) is 17.7 Å². The maximum absolute atomic E-state index is 15.0. The molecule has 6 rings (SSSR count). The Hall–Kier alpha value is -3.95. The number of carbonyl (C=O) groups is 3. The number of likely N-dealkylation sites (tertiary alicyclic amines) is 1. The molecule has 0 radical (unpaired) electrons. The first-order chi connectivity index (χ1) is 22.0. The number of amides is 3. The SMILES string of the molecule is CCOc1ccc(N2CC=C[C@@]3(CC)O[C@]45C=CCN(C(C)(C)C)C(=O)C4N([C@@H](CO)Cc4ccccc4)C(=O)[C@@H]5[C@H]3C2=O)cc1. The Bertz CT molecular complexity index is 1530. The number of nitrogens with zero attached hydrogens (tertiary/aromatic N) is 3. The first kappa shape index (κ1) is 32.0. The van der Waals surface area contributed by atoms with Crippen molar-refractivity contribution in [2.45, 2.75) is 76.3 Å². The van der Waals surface area contributed by atoms with Crippen molar-refractivity contribution >= 4 is 23.4 Å². The van der Waals surface area contributed by atoms with Crippen molar-refractivity contribution in [1.29, 1.82) is 0 Å². The quantitative estimate of drug-likeness (QED) is 0.442. The molecule has 2 aromatic carbocycles. The average Bonchev–Trinajstić information content (AvgIpc) is 3.33. The highest BCUT2D eigenvalue weighted by Gasteiger charge is 2.76. The second kappa shape index (κ2) is 12.0. The number of carbonyl (C=O) groups excluding carboxylic acids is 3. The molecule has 4 aliphatic heterocycles. The molecule has 2 saturated heterocycles. The highest BCUT2D eigenvalue weighted by Crippen LogP contribution is 2.59. The number of benzene rings is 2. The molecule has 244 valence electrons. The Morgan fingerprint density at radius 3 is 2.24 bits per heavy atom. The fourth-order valence-corrected chi connectivity index (χ4v) is 7.95. The lowest BCUT2D eigenvalue weighted by Gasteiger charge is -2.43. The third-order valence-corrected chi connectivity index (χ3v) is 10.1. The van der Waals surface area contributed by atoms with E-state index in [4.69, 9.17) is 9.47 Å². The number of rotatable bonds is 8. The number of aliphatic hydroxyl groups excluding tert-OH is 1. The maximum atomic E-state index is 15.0. The second-order valence-corrected chi connectivity index (χ2v) is 13.7. The number of hydrogen-bond donors (Lipinski definition) is 1. The molecule has 1 unspecified atom stereocenters. The monoisotopic (exact) mass is 627 g/mol. The van der Waals surface area contributed by atoms with E-state index in [0.717, 1.165) is 5.56 Å². The van der Waals surface area contributed by atoms with Crippen LogP contribution in [0, 0.1) is 11.8 Å². The molecule has 3 amide bonds. The summed E-state index contributed by atoms with van der Waals surface area (Å²) < 4.78 is 12.7. The summed E-state index contributed by atoms with van der Waals surface area (Å²) in [6.45, 7) is 10.6. The molecule has 9 nitrogen and oxygen atoms in total. The van der Waals surface area contributed by atoms with Gasteiger partial charge in [-0.2, -0.15) is 0 Å². The van der Waals surface area contributed by atoms with Crippen LogP contribution in [0.3, 0.4) is 0 Å². The van der Waals surface area contributed by atoms with E-state index in [1.165, 1.54) is 0 Å². The number of hydrogen-bond acceptors (Lipinski definition) is 6. The van der Waals surface area contributed by atoms with E-state index in [0.29, 0.717) is 44.0 Å². The molecule has 0 aliphatic carbocycles. The highest BCUT2D eigenvalue weighted by atomic mass is 16.5. The van der Waals surface area contributed by atoms with Gasteiger partial charge in [-0.3, -0.25) is 14.4 Å². The van der Waals surface area contributed by atoms with Crippen LogP contribution in [0.5, 0.6) is 5.75 Å². The van der Waals surface area contributed by atoms with Crippen molar-refractivity contribution in [3.63, 3.8) is 0 Å². The topological polar surface area (TPSA) is 99.6 Å². The van der Waals surface area contributed by atoms with Crippen molar-refractivity contribution in [2.24, 2.45) is 11.8 Å². The van der Waals surface area contributed by atoms with Gasteiger partial charge in [0.25, 0.3) is 0 Å². The first-order valence-corrected chi connectivity index (χ1v) is 16.4. The van der Waals surface area contributed by atoms with Gasteiger partial charge in [0.05, 0.1) is 36.7 Å². The molecule has 4 heterocycles. The molecule has 0 bridgehead atoms. The third-order valence-electron chi connectivity index (χ3n) is 10.1. The third kappa shape index (κ3) is 5.04. The summed E-state index contributed by atoms with van der Waals surface area (Å²) in [5.74, 6) is -1.97. The predicted octanol–water partition coefficient (Wildman–Crippen LogP) is 4.15. The van der Waals surface area contributed by atoms with Crippen LogP contribution in [-0.2, 0) is 25.5 Å². The lowest BCUT2D eigenvalue weighted by Crippen LogP contribution is -2.61. The van der Waals surface area contributed by atoms with Crippen LogP contribution in [0.15, 0.2) is 78.9 Å². The van der Waals surface area contributed by atoms with Crippen LogP contribution < -0.4 is 9.64 Å². The van der Waals surface area contributed by atoms with Crippen LogP contribution in [-0.4, -0.2) is 87.8 Å². The van der Waals surface area contributed by atoms with Crippen molar-refractivity contribution in [2.75, 3.05) is 31.2 Å². The summed E-state index contributed by atoms with van der Waals surface area (Å²) in [5.41, 5.74) is -1.42. The first-order valence-electron chi connectivity index (χ1n) is 16.4. The van der Waals surface area contributed by atoms with Gasteiger partial charge in [-0.1, -0.05) is 61.6 Å². The van der Waals surface area contributed by atoms with E-state index in [9.17, 15) is 14.7 Å². The summed E-state index contributed by atoms with van der Waals surface area (Å²) in [5, 5.41) is 10.8. The van der Waals surface area contributed by atoms with Crippen molar-refractivity contribution in [1.82, 2.24) is 9.80 Å². The van der Waals surface area contributed by atoms with Crippen molar-refractivity contribution in [3.8, 4) is 5.75 Å². The molecule has 2 fully saturated rings. The minimum absolute atomic E-state index is 0.229. The fraction of sp³-hybridized carbons (Fsp3) is 0.486. The van der Waals surface area contributed by atoms with Gasteiger partial charge in [-0.05, 0) is 70.4 Å². The lowest BCUT2D eigenvalue weighted by atomic mass is 9.73. The predicted molar refractivity (Wildman–Crippen MR) is 175 cm³/mol. The van der Waals surface area contributed by atoms with Gasteiger partial charge in [-0.15, -0.1) is 0 Å². The zero-order valence-corrected chi connectivity index (χ0v) is 27.4. The molecule has 2 aromatic rings. The van der Waals surface area contributed by atoms with Gasteiger partial charge in [0.15, 0.2) is 0 Å². The van der Waals surface area contributed by atoms with E-state index in [2.05, 4.69) is 0 Å². The lowest BCUT2D eigenvalue weighted by molar-refractivity contribution is -0.158. The van der Waals surface area contributed by atoms with Gasteiger partial charge in [0, 0.05) is 24.3 Å². The molecule has 0 aromatic heterocycles. The van der Waals surface area contributed by atoms with Crippen LogP contribution in [0.1, 0.15) is 46.6 Å². The van der Waals surface area contributed by atoms with E-state index in [1.807, 2.05) is 114 Å². The molecular weight excluding hydrogens is 582 g/mol. The summed E-state index contributed by atoms with van der Waals surface area (Å²) in [6.07, 6.45) is 8.44. The van der Waals surface area contributed by atoms with Crippen molar-refractivity contribution in [3.05, 3.63) is 84.5 Å². The Balaban J connectivity index is 1.48. The molecule has 1 spiro atoms. The molecule has 4 aliphatic rings. The Labute approximate surface area is 271 Å². The standard InChI is InChI=1S/C37H45N3O6/c1-6-36-19-11-21-38(26-15-17-28(18-16-26)45-7-2)32(42)29(36)30-33(43)40(27(24-41)23-25-13-9-8-10-14-25)31-34(44)39(35(3,4)5)22-12-20-37(30,31)46-36/h8-20,27,29-31,41H,6-7,21-24H2,1-5H3/t27-,29+,30+,31?,36-,37+/m1/s1. The average molecular weight is 628 g/mol. The summed E-state index contributed by atoms with van der Waals surface area (Å²) >= 11 is 0. The Morgan fingerprint density at radius 2 is 1.61 bits per heavy atom. The highest BCUT2D eigenvalue weighted by molar-refractivity contribution is 6.04. The fourth-order valence-electron chi connectivity index (χ4n) is 7.95. The van der Waals surface area contributed by atoms with E-state index < -0.39 is 40.7 Å². The van der Waals surface area contributed by atoms with E-state index in [-0.39, 0.29) is 24.3 Å². The molecular formula is C37H45N3O6. The van der Waals surface area contributed by atoms with Gasteiger partial charge >= 0.3 is 0 Å². The molecule has 6 atom stereocenters. The minimum Gasteiger partial charge on any atom is -0.494 e. The number of anilines is 1. The number of fused-ring (bicyclic) bond motifs is 2. The smallest absolute Gasteiger partial charge is 0.249 e. The van der Waals surface area contributed by atoms with Crippen LogP contribution >= 0.6 is 0 Å². The van der Waals surface area contributed by atoms with Crippen LogP contribution in [0.4, 0.5) is 5.69 Å². The maximum Gasteiger partial charge on any atom is 0.249 e. The molecule has 0 saturated carbocycles. The largest absolute Gasteiger partial charge is 0.494 e. The molecule has 46 heavy (non-hydrogen) atoms. The molecule has 9 heteroatoms. The number of aliphatic hydroxyl groups is 1. The minimum atomic E-state index is -1.40. The van der Waals surface area contributed by atoms with Crippen molar-refractivity contribution < 1.29 is 29.0 Å². The Morgan fingerprint density at radius 1 is 0.913 bits per heavy atom. The summed E-state index contributed by atoms with van der Waals surface area (Å²) in [6, 6.07) is 15.3. The van der Waals surface area contributed by atoms with Gasteiger partial charge in [-0.25, -0.2) is 0 Å². The van der Waals surface area contributed by atoms with E-state index in [1.54, 1.807) is 14.7 Å². The Kier molecular flexibility index (Phi) is 8.36. The summed E-state index contributed by atoms with van der Waals surface area (Å²) in [7, 11) is 0. The summed E-state index contributed by atoms with van der Waals surface area (Å²) in [4.78, 5) is 49.6. The zero-order valence-electron chi connectivity index (χ0n) is 27.4. The van der Waals surface area contributed by atoms with Crippen LogP contribution in [0.25, 0.3) is 0 Å². The second-order valence-electron chi connectivity index (χ2n) is 13.7. The zero-order chi connectivity index (χ0) is 32.9. The number of ether oxygens (including phenoxy) is 2. The van der Waals surface area contributed by atoms with Gasteiger partial charge in [0.1, 0.15) is 17.4 Å². The normalized spacial score (nSPS) is 29.7. The van der Waals surface area contributed by atoms with Gasteiger partial charge < -0.3 is 29.3 Å². The van der Waals surface area contributed by atoms with Crippen LogP contribution in [0.2, 0.25) is 0 Å².